The summed E-state index contributed by atoms with van der Waals surface area (Å²) in [5.41, 5.74) is 4.96. The average molecular weight is 478 g/mol. The van der Waals surface area contributed by atoms with Crippen LogP contribution in [0.5, 0.6) is 0 Å². The Hall–Kier alpha value is -2.30. The summed E-state index contributed by atoms with van der Waals surface area (Å²) in [5, 5.41) is 1.95. The van der Waals surface area contributed by atoms with Gasteiger partial charge in [0.05, 0.1) is 6.04 Å². The second-order valence-corrected chi connectivity index (χ2v) is 10.2. The number of nitrogens with zero attached hydrogens (tertiary/aromatic N) is 3. The van der Waals surface area contributed by atoms with Crippen LogP contribution in [0, 0.1) is 5.92 Å². The average Bonchev–Trinajstić information content (AvgIpc) is 3.41. The van der Waals surface area contributed by atoms with Crippen molar-refractivity contribution in [1.29, 1.82) is 0 Å². The number of hydrogen-bond acceptors (Lipinski definition) is 2. The number of halogens is 1. The van der Waals surface area contributed by atoms with Gasteiger partial charge in [0.2, 0.25) is 5.91 Å². The van der Waals surface area contributed by atoms with E-state index in [0.717, 1.165) is 63.4 Å². The van der Waals surface area contributed by atoms with E-state index in [1.54, 1.807) is 0 Å². The summed E-state index contributed by atoms with van der Waals surface area (Å²) in [5.74, 6) is 0.593. The lowest BCUT2D eigenvalue weighted by Gasteiger charge is -2.34. The normalized spacial score (nSPS) is 18.7. The van der Waals surface area contributed by atoms with Gasteiger partial charge in [-0.25, -0.2) is 0 Å². The van der Waals surface area contributed by atoms with Crippen molar-refractivity contribution in [1.82, 2.24) is 14.4 Å². The minimum atomic E-state index is 0.117. The summed E-state index contributed by atoms with van der Waals surface area (Å²) in [6.45, 7) is 9.29. The molecule has 3 aromatic rings. The molecule has 1 aromatic heterocycles. The van der Waals surface area contributed by atoms with E-state index < -0.39 is 0 Å². The molecule has 2 fully saturated rings. The molecule has 34 heavy (non-hydrogen) atoms. The Morgan fingerprint density at radius 1 is 1.03 bits per heavy atom. The van der Waals surface area contributed by atoms with E-state index in [9.17, 15) is 4.79 Å². The Balaban J connectivity index is 1.68. The first-order valence-electron chi connectivity index (χ1n) is 13.0. The smallest absolute Gasteiger partial charge is 0.226 e. The van der Waals surface area contributed by atoms with Crippen molar-refractivity contribution in [2.45, 2.75) is 58.5 Å². The molecule has 1 aliphatic heterocycles. The Bertz CT molecular complexity index is 1150. The van der Waals surface area contributed by atoms with Crippen LogP contribution in [0.15, 0.2) is 48.5 Å². The predicted octanol–water partition coefficient (Wildman–Crippen LogP) is 6.77. The number of fused-ring (bicyclic) bond motifs is 1. The lowest BCUT2D eigenvalue weighted by molar-refractivity contribution is -0.139. The van der Waals surface area contributed by atoms with Gasteiger partial charge in [-0.3, -0.25) is 4.79 Å². The van der Waals surface area contributed by atoms with Crippen LogP contribution < -0.4 is 0 Å². The quantitative estimate of drug-likeness (QED) is 0.358. The van der Waals surface area contributed by atoms with Gasteiger partial charge >= 0.3 is 0 Å². The Morgan fingerprint density at radius 3 is 2.47 bits per heavy atom. The number of carbonyl (C=O) groups excluding carboxylic acids is 1. The second kappa shape index (κ2) is 10.1. The maximum Gasteiger partial charge on any atom is 0.226 e. The number of hydrogen-bond donors (Lipinski definition) is 0. The number of likely N-dealkylation sites (tertiary alicyclic amines) is 1. The highest BCUT2D eigenvalue weighted by Crippen LogP contribution is 2.45. The van der Waals surface area contributed by atoms with Gasteiger partial charge in [0, 0.05) is 52.7 Å². The number of likely N-dealkylation sites (N-methyl/N-ethyl adjacent to an activating group) is 1. The van der Waals surface area contributed by atoms with Crippen LogP contribution in [0.4, 0.5) is 0 Å². The molecule has 2 aliphatic rings. The SMILES string of the molecule is CCN(CC)CCn1c(C2CCCN2C(=O)C2CCC2)c(-c2ccccc2)c2cc(Cl)ccc21. The highest BCUT2D eigenvalue weighted by atomic mass is 35.5. The molecule has 0 bridgehead atoms. The lowest BCUT2D eigenvalue weighted by Crippen LogP contribution is -2.39. The van der Waals surface area contributed by atoms with E-state index in [1.165, 1.54) is 34.1 Å². The van der Waals surface area contributed by atoms with E-state index in [0.29, 0.717) is 5.91 Å². The third-order valence-corrected chi connectivity index (χ3v) is 8.20. The minimum absolute atomic E-state index is 0.117. The van der Waals surface area contributed by atoms with Gasteiger partial charge in [-0.2, -0.15) is 0 Å². The van der Waals surface area contributed by atoms with Crippen molar-refractivity contribution in [3.63, 3.8) is 0 Å². The lowest BCUT2D eigenvalue weighted by atomic mass is 9.84. The van der Waals surface area contributed by atoms with Crippen LogP contribution in [0.1, 0.15) is 57.7 Å². The third kappa shape index (κ3) is 4.27. The van der Waals surface area contributed by atoms with E-state index >= 15 is 0 Å². The maximum absolute atomic E-state index is 13.5. The summed E-state index contributed by atoms with van der Waals surface area (Å²) >= 11 is 6.54. The molecule has 5 rings (SSSR count). The molecule has 1 amide bonds. The fourth-order valence-electron chi connectivity index (χ4n) is 5.83. The largest absolute Gasteiger partial charge is 0.341 e. The van der Waals surface area contributed by atoms with E-state index in [2.05, 4.69) is 70.7 Å². The van der Waals surface area contributed by atoms with Gasteiger partial charge in [-0.05, 0) is 62.5 Å². The Kier molecular flexibility index (Phi) is 6.99. The van der Waals surface area contributed by atoms with Crippen LogP contribution in [-0.4, -0.2) is 46.5 Å². The van der Waals surface area contributed by atoms with Crippen molar-refractivity contribution in [2.24, 2.45) is 5.92 Å². The van der Waals surface area contributed by atoms with Crippen LogP contribution in [0.2, 0.25) is 5.02 Å². The van der Waals surface area contributed by atoms with Crippen molar-refractivity contribution in [3.8, 4) is 11.1 Å². The highest BCUT2D eigenvalue weighted by molar-refractivity contribution is 6.31. The first-order chi connectivity index (χ1) is 16.6. The molecule has 0 radical (unpaired) electrons. The molecular weight excluding hydrogens is 442 g/mol. The molecule has 1 aliphatic carbocycles. The van der Waals surface area contributed by atoms with Crippen LogP contribution >= 0.6 is 11.6 Å². The fraction of sp³-hybridized carbons (Fsp3) is 0.483. The molecule has 0 N–H and O–H groups in total. The predicted molar refractivity (Wildman–Crippen MR) is 141 cm³/mol. The fourth-order valence-corrected chi connectivity index (χ4v) is 6.00. The second-order valence-electron chi connectivity index (χ2n) is 9.78. The van der Waals surface area contributed by atoms with Gasteiger partial charge in [0.15, 0.2) is 0 Å². The topological polar surface area (TPSA) is 28.5 Å². The summed E-state index contributed by atoms with van der Waals surface area (Å²) in [4.78, 5) is 18.2. The third-order valence-electron chi connectivity index (χ3n) is 7.97. The van der Waals surface area contributed by atoms with Crippen LogP contribution in [0.3, 0.4) is 0 Å². The summed E-state index contributed by atoms with van der Waals surface area (Å²) in [7, 11) is 0. The molecule has 1 saturated heterocycles. The zero-order valence-corrected chi connectivity index (χ0v) is 21.2. The summed E-state index contributed by atoms with van der Waals surface area (Å²) in [6.07, 6.45) is 5.37. The molecule has 1 saturated carbocycles. The molecule has 180 valence electrons. The number of amides is 1. The molecule has 1 unspecified atom stereocenters. The maximum atomic E-state index is 13.5. The van der Waals surface area contributed by atoms with Gasteiger partial charge in [0.1, 0.15) is 0 Å². The van der Waals surface area contributed by atoms with Crippen molar-refractivity contribution in [2.75, 3.05) is 26.2 Å². The molecule has 1 atom stereocenters. The van der Waals surface area contributed by atoms with Crippen LogP contribution in [-0.2, 0) is 11.3 Å². The number of benzene rings is 2. The first-order valence-corrected chi connectivity index (χ1v) is 13.4. The summed E-state index contributed by atoms with van der Waals surface area (Å²) < 4.78 is 2.50. The van der Waals surface area contributed by atoms with Gasteiger partial charge in [-0.15, -0.1) is 0 Å². The molecular formula is C29H36ClN3O. The number of carbonyl (C=O) groups is 1. The molecule has 0 spiro atoms. The minimum Gasteiger partial charge on any atom is -0.341 e. The van der Waals surface area contributed by atoms with E-state index in [1.807, 2.05) is 6.07 Å². The summed E-state index contributed by atoms with van der Waals surface area (Å²) in [6, 6.07) is 17.1. The van der Waals surface area contributed by atoms with Crippen LogP contribution in [0.25, 0.3) is 22.0 Å². The van der Waals surface area contributed by atoms with Crippen molar-refractivity contribution in [3.05, 3.63) is 59.2 Å². The number of rotatable bonds is 8. The molecule has 4 nitrogen and oxygen atoms in total. The van der Waals surface area contributed by atoms with Gasteiger partial charge in [-0.1, -0.05) is 62.2 Å². The standard InChI is InChI=1S/C29H36ClN3O/c1-3-31(4-2)18-19-32-25-16-15-23(30)20-24(25)27(21-10-6-5-7-11-21)28(32)26-14-9-17-33(26)29(34)22-12-8-13-22/h5-7,10-11,15-16,20,22,26H,3-4,8-9,12-14,17-19H2,1-2H3. The van der Waals surface area contributed by atoms with Crippen molar-refractivity contribution >= 4 is 28.4 Å². The Morgan fingerprint density at radius 2 is 1.79 bits per heavy atom. The first kappa shape index (κ1) is 23.4. The molecule has 5 heteroatoms. The molecule has 2 aromatic carbocycles. The van der Waals surface area contributed by atoms with Gasteiger partial charge < -0.3 is 14.4 Å². The van der Waals surface area contributed by atoms with E-state index in [-0.39, 0.29) is 12.0 Å². The highest BCUT2D eigenvalue weighted by Gasteiger charge is 2.39. The molecule has 2 heterocycles. The van der Waals surface area contributed by atoms with Crippen molar-refractivity contribution < 1.29 is 4.79 Å². The Labute approximate surface area is 208 Å². The van der Waals surface area contributed by atoms with E-state index in [4.69, 9.17) is 11.6 Å². The monoisotopic (exact) mass is 477 g/mol. The van der Waals surface area contributed by atoms with Gasteiger partial charge in [0.25, 0.3) is 0 Å². The zero-order valence-electron chi connectivity index (χ0n) is 20.5. The number of aromatic nitrogens is 1. The zero-order chi connectivity index (χ0) is 23.7.